The number of tetrazole rings is 1. The van der Waals surface area contributed by atoms with Crippen LogP contribution in [0.3, 0.4) is 0 Å². The zero-order valence-corrected chi connectivity index (χ0v) is 14.4. The van der Waals surface area contributed by atoms with E-state index in [2.05, 4.69) is 20.8 Å². The average molecular weight is 355 g/mol. The molecule has 0 aliphatic rings. The molecule has 0 unspecified atom stereocenters. The molecule has 0 aliphatic carbocycles. The lowest BCUT2D eigenvalue weighted by Crippen LogP contribution is -2.29. The summed E-state index contributed by atoms with van der Waals surface area (Å²) in [5.41, 5.74) is 3.31. The van der Waals surface area contributed by atoms with E-state index in [-0.39, 0.29) is 11.9 Å². The minimum atomic E-state index is -0.239. The fraction of sp³-hybridized carbons (Fsp3) is 0.0476. The first-order valence-electron chi connectivity index (χ1n) is 8.55. The molecule has 0 bridgehead atoms. The molecule has 0 aliphatic heterocycles. The van der Waals surface area contributed by atoms with Crippen molar-refractivity contribution in [2.24, 2.45) is 0 Å². The van der Waals surface area contributed by atoms with Gasteiger partial charge in [-0.25, -0.2) is 4.68 Å². The lowest BCUT2D eigenvalue weighted by molar-refractivity contribution is 0.0943. The van der Waals surface area contributed by atoms with Crippen LogP contribution in [0.25, 0.3) is 5.69 Å². The van der Waals surface area contributed by atoms with Gasteiger partial charge in [-0.15, -0.1) is 5.10 Å². The molecule has 6 nitrogen and oxygen atoms in total. The van der Waals surface area contributed by atoms with Gasteiger partial charge in [0.25, 0.3) is 5.91 Å². The van der Waals surface area contributed by atoms with Crippen molar-refractivity contribution < 1.29 is 4.79 Å². The maximum absolute atomic E-state index is 13.0. The van der Waals surface area contributed by atoms with Gasteiger partial charge >= 0.3 is 0 Å². The molecule has 27 heavy (non-hydrogen) atoms. The summed E-state index contributed by atoms with van der Waals surface area (Å²) in [6.07, 6.45) is 1.49. The number of nitrogens with one attached hydrogen (secondary N) is 1. The highest BCUT2D eigenvalue weighted by Crippen LogP contribution is 2.22. The Morgan fingerprint density at radius 1 is 0.852 bits per heavy atom. The molecule has 6 heteroatoms. The number of hydrogen-bond donors (Lipinski definition) is 1. The van der Waals surface area contributed by atoms with Gasteiger partial charge < -0.3 is 5.32 Å². The van der Waals surface area contributed by atoms with Gasteiger partial charge in [-0.05, 0) is 39.8 Å². The van der Waals surface area contributed by atoms with Crippen LogP contribution in [0.1, 0.15) is 27.5 Å². The van der Waals surface area contributed by atoms with Gasteiger partial charge in [-0.1, -0.05) is 66.7 Å². The summed E-state index contributed by atoms with van der Waals surface area (Å²) in [5.74, 6) is -0.164. The van der Waals surface area contributed by atoms with E-state index in [0.717, 1.165) is 16.8 Å². The maximum atomic E-state index is 13.0. The molecular weight excluding hydrogens is 338 g/mol. The van der Waals surface area contributed by atoms with Gasteiger partial charge in [0.15, 0.2) is 0 Å². The first-order chi connectivity index (χ1) is 13.3. The van der Waals surface area contributed by atoms with E-state index in [0.29, 0.717) is 5.56 Å². The second-order valence-corrected chi connectivity index (χ2v) is 6.03. The van der Waals surface area contributed by atoms with E-state index in [1.54, 1.807) is 12.1 Å². The Labute approximate surface area is 156 Å². The Kier molecular flexibility index (Phi) is 4.70. The minimum absolute atomic E-state index is 0.164. The van der Waals surface area contributed by atoms with Crippen LogP contribution in [0.5, 0.6) is 0 Å². The highest BCUT2D eigenvalue weighted by molar-refractivity contribution is 5.95. The predicted octanol–water partition coefficient (Wildman–Crippen LogP) is 3.18. The summed E-state index contributed by atoms with van der Waals surface area (Å²) in [6.45, 7) is 0. The molecule has 0 fully saturated rings. The van der Waals surface area contributed by atoms with Crippen LogP contribution < -0.4 is 5.32 Å². The fourth-order valence-corrected chi connectivity index (χ4v) is 2.93. The van der Waals surface area contributed by atoms with Crippen LogP contribution in [0, 0.1) is 0 Å². The molecule has 0 spiro atoms. The van der Waals surface area contributed by atoms with Crippen LogP contribution in [0.4, 0.5) is 0 Å². The van der Waals surface area contributed by atoms with Crippen LogP contribution in [-0.4, -0.2) is 26.1 Å². The molecule has 1 aromatic heterocycles. The standard InChI is InChI=1S/C21H17N5O/c27-21(18-12-7-13-19(14-18)26-15-22-24-25-26)23-20(16-8-3-1-4-9-16)17-10-5-2-6-11-17/h1-15,20H,(H,23,27). The lowest BCUT2D eigenvalue weighted by atomic mass is 9.98. The zero-order chi connectivity index (χ0) is 18.5. The molecule has 132 valence electrons. The second-order valence-electron chi connectivity index (χ2n) is 6.03. The second kappa shape index (κ2) is 7.61. The molecule has 0 atom stereocenters. The summed E-state index contributed by atoms with van der Waals surface area (Å²) in [5, 5.41) is 14.3. The number of rotatable bonds is 5. The van der Waals surface area contributed by atoms with Crippen molar-refractivity contribution in [3.8, 4) is 5.69 Å². The molecule has 1 heterocycles. The molecule has 3 aromatic carbocycles. The minimum Gasteiger partial charge on any atom is -0.341 e. The number of amides is 1. The SMILES string of the molecule is O=C(NC(c1ccccc1)c1ccccc1)c1cccc(-n2cnnn2)c1. The molecule has 1 N–H and O–H groups in total. The van der Waals surface area contributed by atoms with Crippen molar-refractivity contribution in [1.82, 2.24) is 25.5 Å². The Morgan fingerprint density at radius 2 is 1.52 bits per heavy atom. The van der Waals surface area contributed by atoms with Crippen LogP contribution in [0.2, 0.25) is 0 Å². The number of nitrogens with zero attached hydrogens (tertiary/aromatic N) is 4. The Morgan fingerprint density at radius 3 is 2.11 bits per heavy atom. The normalized spacial score (nSPS) is 10.7. The fourth-order valence-electron chi connectivity index (χ4n) is 2.93. The van der Waals surface area contributed by atoms with E-state index in [1.165, 1.54) is 11.0 Å². The van der Waals surface area contributed by atoms with Gasteiger partial charge in [-0.2, -0.15) is 0 Å². The predicted molar refractivity (Wildman–Crippen MR) is 101 cm³/mol. The maximum Gasteiger partial charge on any atom is 0.252 e. The first-order valence-corrected chi connectivity index (χ1v) is 8.55. The third-order valence-electron chi connectivity index (χ3n) is 4.26. The van der Waals surface area contributed by atoms with Gasteiger partial charge in [-0.3, -0.25) is 4.79 Å². The van der Waals surface area contributed by atoms with Crippen molar-refractivity contribution in [1.29, 1.82) is 0 Å². The molecular formula is C21H17N5O. The van der Waals surface area contributed by atoms with Crippen molar-refractivity contribution in [2.45, 2.75) is 6.04 Å². The molecule has 0 saturated heterocycles. The highest BCUT2D eigenvalue weighted by Gasteiger charge is 2.18. The van der Waals surface area contributed by atoms with E-state index in [1.807, 2.05) is 72.8 Å². The van der Waals surface area contributed by atoms with E-state index < -0.39 is 0 Å². The molecule has 0 radical (unpaired) electrons. The largest absolute Gasteiger partial charge is 0.341 e. The van der Waals surface area contributed by atoms with Crippen LogP contribution >= 0.6 is 0 Å². The van der Waals surface area contributed by atoms with E-state index in [9.17, 15) is 4.79 Å². The van der Waals surface area contributed by atoms with E-state index >= 15 is 0 Å². The smallest absolute Gasteiger partial charge is 0.252 e. The summed E-state index contributed by atoms with van der Waals surface area (Å²) >= 11 is 0. The van der Waals surface area contributed by atoms with Crippen molar-refractivity contribution >= 4 is 5.91 Å². The number of aromatic nitrogens is 4. The number of carbonyl (C=O) groups is 1. The van der Waals surface area contributed by atoms with Crippen LogP contribution in [0.15, 0.2) is 91.3 Å². The summed E-state index contributed by atoms with van der Waals surface area (Å²) in [7, 11) is 0. The lowest BCUT2D eigenvalue weighted by Gasteiger charge is -2.20. The molecule has 4 aromatic rings. The molecule has 4 rings (SSSR count). The summed E-state index contributed by atoms with van der Waals surface area (Å²) < 4.78 is 1.52. The third kappa shape index (κ3) is 3.74. The monoisotopic (exact) mass is 355 g/mol. The topological polar surface area (TPSA) is 72.7 Å². The number of hydrogen-bond acceptors (Lipinski definition) is 4. The summed E-state index contributed by atoms with van der Waals surface area (Å²) in [6, 6.07) is 26.8. The zero-order valence-electron chi connectivity index (χ0n) is 14.4. The highest BCUT2D eigenvalue weighted by atomic mass is 16.1. The van der Waals surface area contributed by atoms with Crippen LogP contribution in [-0.2, 0) is 0 Å². The number of carbonyl (C=O) groups excluding carboxylic acids is 1. The Hall–Kier alpha value is -3.80. The Bertz CT molecular complexity index is 977. The number of benzene rings is 3. The van der Waals surface area contributed by atoms with Crippen molar-refractivity contribution in [3.05, 3.63) is 108 Å². The van der Waals surface area contributed by atoms with Gasteiger partial charge in [0.2, 0.25) is 0 Å². The average Bonchev–Trinajstić information content (AvgIpc) is 3.28. The van der Waals surface area contributed by atoms with Gasteiger partial charge in [0, 0.05) is 5.56 Å². The van der Waals surface area contributed by atoms with Gasteiger partial charge in [0.05, 0.1) is 11.7 Å². The molecule has 1 amide bonds. The van der Waals surface area contributed by atoms with E-state index in [4.69, 9.17) is 0 Å². The Balaban J connectivity index is 1.64. The third-order valence-corrected chi connectivity index (χ3v) is 4.26. The quantitative estimate of drug-likeness (QED) is 0.597. The van der Waals surface area contributed by atoms with Crippen molar-refractivity contribution in [3.63, 3.8) is 0 Å². The van der Waals surface area contributed by atoms with Crippen molar-refractivity contribution in [2.75, 3.05) is 0 Å². The summed E-state index contributed by atoms with van der Waals surface area (Å²) in [4.78, 5) is 13.0. The first kappa shape index (κ1) is 16.7. The molecule has 0 saturated carbocycles. The van der Waals surface area contributed by atoms with Gasteiger partial charge in [0.1, 0.15) is 6.33 Å².